The van der Waals surface area contributed by atoms with Crippen LogP contribution in [-0.2, 0) is 14.4 Å². The van der Waals surface area contributed by atoms with Crippen molar-refractivity contribution in [3.8, 4) is 0 Å². The lowest BCUT2D eigenvalue weighted by molar-refractivity contribution is -0.135. The van der Waals surface area contributed by atoms with E-state index in [1.165, 1.54) is 14.9 Å². The first-order valence-corrected chi connectivity index (χ1v) is 13.1. The Labute approximate surface area is 230 Å². The number of carbonyl (C=O) groups is 3. The Morgan fingerprint density at radius 3 is 2.30 bits per heavy atom. The fraction of sp³-hybridized carbons (Fsp3) is 0.161. The van der Waals surface area contributed by atoms with Gasteiger partial charge in [-0.25, -0.2) is 9.91 Å². The monoisotopic (exact) mass is 528 g/mol. The number of imide groups is 1. The van der Waals surface area contributed by atoms with Crippen molar-refractivity contribution >= 4 is 39.9 Å². The van der Waals surface area contributed by atoms with Gasteiger partial charge in [0, 0.05) is 11.8 Å². The van der Waals surface area contributed by atoms with E-state index in [2.05, 4.69) is 10.3 Å². The summed E-state index contributed by atoms with van der Waals surface area (Å²) in [6.45, 7) is -0.234. The fourth-order valence-electron chi connectivity index (χ4n) is 5.69. The quantitative estimate of drug-likeness (QED) is 0.356. The molecule has 3 atom stereocenters. The van der Waals surface area contributed by atoms with E-state index in [0.29, 0.717) is 12.1 Å². The molecule has 0 aliphatic carbocycles. The Hall–Kier alpha value is -5.18. The molecule has 40 heavy (non-hydrogen) atoms. The van der Waals surface area contributed by atoms with Crippen LogP contribution in [0.25, 0.3) is 10.8 Å². The first-order valence-electron chi connectivity index (χ1n) is 13.1. The Bertz CT molecular complexity index is 1700. The average molecular weight is 529 g/mol. The van der Waals surface area contributed by atoms with Gasteiger partial charge in [0.2, 0.25) is 0 Å². The van der Waals surface area contributed by atoms with Gasteiger partial charge in [-0.15, -0.1) is 0 Å². The van der Waals surface area contributed by atoms with E-state index in [9.17, 15) is 14.4 Å². The van der Waals surface area contributed by atoms with Crippen molar-refractivity contribution in [2.24, 2.45) is 15.4 Å². The highest BCUT2D eigenvalue weighted by Crippen LogP contribution is 2.37. The van der Waals surface area contributed by atoms with E-state index < -0.39 is 23.9 Å². The predicted molar refractivity (Wildman–Crippen MR) is 149 cm³/mol. The van der Waals surface area contributed by atoms with Crippen LogP contribution in [-0.4, -0.2) is 52.1 Å². The highest BCUT2D eigenvalue weighted by Gasteiger charge is 2.55. The number of hydrogen-bond donors (Lipinski definition) is 0. The number of carbonyl (C=O) groups excluding carboxylic acids is 3. The summed E-state index contributed by atoms with van der Waals surface area (Å²) in [6.07, 6.45) is 0.555. The molecule has 0 spiro atoms. The summed E-state index contributed by atoms with van der Waals surface area (Å²) in [5.41, 5.74) is 3.21. The molecule has 3 amide bonds. The molecule has 0 bridgehead atoms. The molecular weight excluding hydrogens is 504 g/mol. The Balaban J connectivity index is 1.17. The first-order chi connectivity index (χ1) is 19.6. The van der Waals surface area contributed by atoms with Crippen LogP contribution < -0.4 is 4.90 Å². The van der Waals surface area contributed by atoms with Gasteiger partial charge in [-0.1, -0.05) is 102 Å². The lowest BCUT2D eigenvalue weighted by Crippen LogP contribution is -2.44. The van der Waals surface area contributed by atoms with Gasteiger partial charge in [-0.05, 0) is 22.6 Å². The first kappa shape index (κ1) is 23.9. The molecule has 0 radical (unpaired) electrons. The van der Waals surface area contributed by atoms with E-state index in [1.54, 1.807) is 6.07 Å². The summed E-state index contributed by atoms with van der Waals surface area (Å²) in [7, 11) is 0. The molecule has 9 nitrogen and oxygen atoms in total. The van der Waals surface area contributed by atoms with Gasteiger partial charge in [-0.3, -0.25) is 19.4 Å². The summed E-state index contributed by atoms with van der Waals surface area (Å²) in [6, 6.07) is 30.3. The minimum absolute atomic E-state index is 0.234. The van der Waals surface area contributed by atoms with Crippen LogP contribution in [0.1, 0.15) is 23.6 Å². The van der Waals surface area contributed by atoms with Crippen LogP contribution in [0.3, 0.4) is 0 Å². The smallest absolute Gasteiger partial charge is 0.264 e. The number of hydrazone groups is 1. The molecule has 7 rings (SSSR count). The Morgan fingerprint density at radius 2 is 1.50 bits per heavy atom. The van der Waals surface area contributed by atoms with Crippen molar-refractivity contribution in [2.45, 2.75) is 24.5 Å². The Kier molecular flexibility index (Phi) is 5.70. The molecule has 4 aromatic carbocycles. The van der Waals surface area contributed by atoms with E-state index >= 15 is 0 Å². The maximum Gasteiger partial charge on any atom is 0.264 e. The van der Waals surface area contributed by atoms with E-state index in [4.69, 9.17) is 5.10 Å². The van der Waals surface area contributed by atoms with Crippen molar-refractivity contribution in [1.82, 2.24) is 10.0 Å². The molecular formula is C31H24N6O3. The number of hydrogen-bond acceptors (Lipinski definition) is 7. The zero-order valence-electron chi connectivity index (χ0n) is 21.4. The number of rotatable bonds is 5. The molecule has 3 aliphatic heterocycles. The second-order valence-electron chi connectivity index (χ2n) is 9.98. The highest BCUT2D eigenvalue weighted by atomic mass is 16.2. The van der Waals surface area contributed by atoms with Crippen LogP contribution in [0.4, 0.5) is 5.69 Å². The predicted octanol–water partition coefficient (Wildman–Crippen LogP) is 4.51. The third kappa shape index (κ3) is 3.86. The summed E-state index contributed by atoms with van der Waals surface area (Å²) >= 11 is 0. The fourth-order valence-corrected chi connectivity index (χ4v) is 5.69. The second-order valence-corrected chi connectivity index (χ2v) is 9.98. The third-order valence-electron chi connectivity index (χ3n) is 7.62. The normalized spacial score (nSPS) is 21.9. The number of anilines is 1. The maximum absolute atomic E-state index is 13.7. The summed E-state index contributed by atoms with van der Waals surface area (Å²) in [5.74, 6) is -1.22. The van der Waals surface area contributed by atoms with Gasteiger partial charge in [-0.2, -0.15) is 10.2 Å². The van der Waals surface area contributed by atoms with Gasteiger partial charge in [0.15, 0.2) is 12.1 Å². The van der Waals surface area contributed by atoms with Crippen molar-refractivity contribution < 1.29 is 14.4 Å². The lowest BCUT2D eigenvalue weighted by atomic mass is 9.98. The number of fused-ring (bicyclic) bond motifs is 2. The van der Waals surface area contributed by atoms with Gasteiger partial charge in [0.25, 0.3) is 17.7 Å². The number of benzene rings is 4. The van der Waals surface area contributed by atoms with Gasteiger partial charge in [0.1, 0.15) is 6.54 Å². The van der Waals surface area contributed by atoms with Crippen LogP contribution >= 0.6 is 0 Å². The second kappa shape index (κ2) is 9.53. The number of nitrogens with zero attached hydrogens (tertiary/aromatic N) is 6. The van der Waals surface area contributed by atoms with Gasteiger partial charge in [0.05, 0.1) is 17.4 Å². The van der Waals surface area contributed by atoms with Crippen molar-refractivity contribution in [1.29, 1.82) is 0 Å². The average Bonchev–Trinajstić information content (AvgIpc) is 3.69. The standard InChI is InChI=1S/C31H24N6O3/c38-27(37-26(22-13-5-2-6-14-22)18-24(33-37)21-11-3-1-4-12-21)19-35-29-28(32-34-35)30(39)36(31(29)40)25-17-9-15-20-10-7-8-16-23(20)25/h1-17,26,28-29H,18-19H2/t26-,28+,29+/m0/s1. The van der Waals surface area contributed by atoms with Crippen molar-refractivity contribution in [3.05, 3.63) is 114 Å². The molecule has 1 fully saturated rings. The van der Waals surface area contributed by atoms with Crippen molar-refractivity contribution in [3.63, 3.8) is 0 Å². The van der Waals surface area contributed by atoms with Crippen LogP contribution in [0, 0.1) is 0 Å². The Morgan fingerprint density at radius 1 is 0.800 bits per heavy atom. The maximum atomic E-state index is 13.7. The van der Waals surface area contributed by atoms with Crippen molar-refractivity contribution in [2.75, 3.05) is 11.4 Å². The van der Waals surface area contributed by atoms with Crippen LogP contribution in [0.5, 0.6) is 0 Å². The van der Waals surface area contributed by atoms with Crippen LogP contribution in [0.15, 0.2) is 119 Å². The molecule has 9 heteroatoms. The molecule has 3 heterocycles. The SMILES string of the molecule is O=C1[C@@H]2N=NN(CC(=O)N3N=C(c4ccccc4)C[C@H]3c3ccccc3)[C@H]2C(=O)N1c1cccc2ccccc12. The third-order valence-corrected chi connectivity index (χ3v) is 7.62. The van der Waals surface area contributed by atoms with Gasteiger partial charge < -0.3 is 0 Å². The largest absolute Gasteiger partial charge is 0.271 e. The molecule has 0 aromatic heterocycles. The van der Waals surface area contributed by atoms with Gasteiger partial charge >= 0.3 is 0 Å². The topological polar surface area (TPSA) is 98.0 Å². The molecule has 0 saturated carbocycles. The lowest BCUT2D eigenvalue weighted by Gasteiger charge is -2.25. The zero-order valence-corrected chi connectivity index (χ0v) is 21.4. The molecule has 196 valence electrons. The summed E-state index contributed by atoms with van der Waals surface area (Å²) < 4.78 is 0. The minimum Gasteiger partial charge on any atom is -0.271 e. The highest BCUT2D eigenvalue weighted by molar-refractivity contribution is 6.27. The van der Waals surface area contributed by atoms with E-state index in [-0.39, 0.29) is 18.5 Å². The number of amides is 3. The molecule has 0 unspecified atom stereocenters. The minimum atomic E-state index is -0.994. The van der Waals surface area contributed by atoms with E-state index in [0.717, 1.165) is 27.6 Å². The molecule has 1 saturated heterocycles. The molecule has 4 aromatic rings. The zero-order chi connectivity index (χ0) is 27.2. The molecule has 0 N–H and O–H groups in total. The summed E-state index contributed by atoms with van der Waals surface area (Å²) in [4.78, 5) is 42.0. The van der Waals surface area contributed by atoms with Crippen LogP contribution in [0.2, 0.25) is 0 Å². The summed E-state index contributed by atoms with van der Waals surface area (Å²) in [5, 5.41) is 17.4. The molecule has 3 aliphatic rings. The van der Waals surface area contributed by atoms with E-state index in [1.807, 2.05) is 97.1 Å².